The van der Waals surface area contributed by atoms with E-state index in [9.17, 15) is 14.0 Å². The first-order valence-corrected chi connectivity index (χ1v) is 5.15. The number of hydrogen-bond donors (Lipinski definition) is 2. The maximum absolute atomic E-state index is 13.6. The molecule has 0 unspecified atom stereocenters. The van der Waals surface area contributed by atoms with E-state index in [2.05, 4.69) is 9.97 Å². The molecule has 0 amide bonds. The second-order valence-corrected chi connectivity index (χ2v) is 3.84. The Morgan fingerprint density at radius 2 is 2.11 bits per heavy atom. The fraction of sp³-hybridized carbons (Fsp3) is 0. The number of nitrogens with one attached hydrogen (secondary N) is 1. The summed E-state index contributed by atoms with van der Waals surface area (Å²) in [5.41, 5.74) is -1.22. The Morgan fingerprint density at radius 3 is 2.78 bits per heavy atom. The minimum absolute atomic E-state index is 0.0669. The first-order chi connectivity index (χ1) is 8.47. The number of H-pyrrole nitrogens is 1. The molecule has 0 saturated heterocycles. The van der Waals surface area contributed by atoms with Gasteiger partial charge in [0.25, 0.3) is 5.56 Å². The van der Waals surface area contributed by atoms with Crippen LogP contribution in [-0.2, 0) is 0 Å². The van der Waals surface area contributed by atoms with Crippen LogP contribution in [0, 0.1) is 5.82 Å². The van der Waals surface area contributed by atoms with Gasteiger partial charge in [0, 0.05) is 11.1 Å². The third-order valence-electron chi connectivity index (χ3n) is 2.14. The maximum atomic E-state index is 13.6. The lowest BCUT2D eigenvalue weighted by atomic mass is 10.2. The molecule has 2 N–H and O–H groups in total. The summed E-state index contributed by atoms with van der Waals surface area (Å²) in [6.07, 6.45) is 0. The smallest absolute Gasteiger partial charge is 0.354 e. The summed E-state index contributed by atoms with van der Waals surface area (Å²) in [5.74, 6) is -2.21. The van der Waals surface area contributed by atoms with E-state index >= 15 is 0 Å². The fourth-order valence-electron chi connectivity index (χ4n) is 1.37. The molecular formula is C11H6ClFN2O3. The first kappa shape index (κ1) is 12.3. The van der Waals surface area contributed by atoms with E-state index in [0.717, 1.165) is 12.1 Å². The number of carboxylic acid groups (broad SMARTS) is 1. The number of rotatable bonds is 2. The Labute approximate surface area is 105 Å². The topological polar surface area (TPSA) is 83.0 Å². The number of halogens is 2. The van der Waals surface area contributed by atoms with Crippen LogP contribution in [0.4, 0.5) is 4.39 Å². The molecule has 0 spiro atoms. The molecule has 0 aliphatic rings. The highest BCUT2D eigenvalue weighted by Gasteiger charge is 2.13. The summed E-state index contributed by atoms with van der Waals surface area (Å²) >= 11 is 5.71. The van der Waals surface area contributed by atoms with Gasteiger partial charge in [-0.1, -0.05) is 11.6 Å². The maximum Gasteiger partial charge on any atom is 0.354 e. The van der Waals surface area contributed by atoms with E-state index in [1.807, 2.05) is 0 Å². The average molecular weight is 269 g/mol. The number of benzene rings is 1. The molecule has 2 rings (SSSR count). The summed E-state index contributed by atoms with van der Waals surface area (Å²) in [6, 6.07) is 4.50. The van der Waals surface area contributed by atoms with Crippen molar-refractivity contribution in [2.45, 2.75) is 0 Å². The predicted octanol–water partition coefficient (Wildman–Crippen LogP) is 1.93. The van der Waals surface area contributed by atoms with Crippen LogP contribution in [0.15, 0.2) is 29.1 Å². The van der Waals surface area contributed by atoms with Gasteiger partial charge in [-0.15, -0.1) is 0 Å². The molecule has 0 aliphatic carbocycles. The van der Waals surface area contributed by atoms with Crippen LogP contribution in [0.2, 0.25) is 5.02 Å². The van der Waals surface area contributed by atoms with Crippen LogP contribution < -0.4 is 5.56 Å². The van der Waals surface area contributed by atoms with Crippen LogP contribution in [0.25, 0.3) is 11.4 Å². The number of carbonyl (C=O) groups is 1. The zero-order valence-corrected chi connectivity index (χ0v) is 9.53. The van der Waals surface area contributed by atoms with Gasteiger partial charge < -0.3 is 10.1 Å². The zero-order chi connectivity index (χ0) is 13.3. The van der Waals surface area contributed by atoms with Crippen molar-refractivity contribution in [3.8, 4) is 11.4 Å². The van der Waals surface area contributed by atoms with Gasteiger partial charge in [0.1, 0.15) is 11.6 Å². The van der Waals surface area contributed by atoms with Gasteiger partial charge in [-0.2, -0.15) is 0 Å². The quantitative estimate of drug-likeness (QED) is 0.872. The van der Waals surface area contributed by atoms with Crippen LogP contribution in [0.1, 0.15) is 10.5 Å². The second kappa shape index (κ2) is 4.58. The van der Waals surface area contributed by atoms with E-state index in [0.29, 0.717) is 0 Å². The summed E-state index contributed by atoms with van der Waals surface area (Å²) in [7, 11) is 0. The lowest BCUT2D eigenvalue weighted by Gasteiger charge is -2.04. The number of aromatic carboxylic acids is 1. The lowest BCUT2D eigenvalue weighted by Crippen LogP contribution is -2.14. The van der Waals surface area contributed by atoms with E-state index in [4.69, 9.17) is 16.7 Å². The molecule has 2 aromatic rings. The number of nitrogens with zero attached hydrogens (tertiary/aromatic N) is 1. The summed E-state index contributed by atoms with van der Waals surface area (Å²) in [4.78, 5) is 27.9. The standard InChI is InChI=1S/C11H6ClFN2O3/c12-5-1-2-7(13)6(3-5)10-14-8(11(17)18)4-9(16)15-10/h1-4H,(H,17,18)(H,14,15,16). The van der Waals surface area contributed by atoms with Gasteiger partial charge in [-0.05, 0) is 18.2 Å². The average Bonchev–Trinajstić information content (AvgIpc) is 2.31. The molecule has 0 fully saturated rings. The van der Waals surface area contributed by atoms with Crippen LogP contribution >= 0.6 is 11.6 Å². The fourth-order valence-corrected chi connectivity index (χ4v) is 1.55. The van der Waals surface area contributed by atoms with Crippen molar-refractivity contribution in [3.63, 3.8) is 0 Å². The SMILES string of the molecule is O=C(O)c1cc(=O)[nH]c(-c2cc(Cl)ccc2F)n1. The highest BCUT2D eigenvalue weighted by atomic mass is 35.5. The van der Waals surface area contributed by atoms with E-state index in [1.165, 1.54) is 12.1 Å². The summed E-state index contributed by atoms with van der Waals surface area (Å²) in [5, 5.41) is 9.01. The Morgan fingerprint density at radius 1 is 1.39 bits per heavy atom. The molecule has 5 nitrogen and oxygen atoms in total. The lowest BCUT2D eigenvalue weighted by molar-refractivity contribution is 0.0690. The normalized spacial score (nSPS) is 10.3. The highest BCUT2D eigenvalue weighted by Crippen LogP contribution is 2.22. The van der Waals surface area contributed by atoms with Gasteiger partial charge in [-0.3, -0.25) is 4.79 Å². The summed E-state index contributed by atoms with van der Waals surface area (Å²) < 4.78 is 13.6. The number of aromatic nitrogens is 2. The van der Waals surface area contributed by atoms with Crippen molar-refractivity contribution >= 4 is 17.6 Å². The van der Waals surface area contributed by atoms with E-state index in [-0.39, 0.29) is 16.4 Å². The number of aromatic amines is 1. The van der Waals surface area contributed by atoms with Crippen molar-refractivity contribution in [1.29, 1.82) is 0 Å². The van der Waals surface area contributed by atoms with Gasteiger partial charge in [0.15, 0.2) is 5.69 Å². The molecule has 0 bridgehead atoms. The minimum atomic E-state index is -1.37. The summed E-state index contributed by atoms with van der Waals surface area (Å²) in [6.45, 7) is 0. The molecule has 1 aromatic heterocycles. The van der Waals surface area contributed by atoms with Crippen LogP contribution in [0.3, 0.4) is 0 Å². The monoisotopic (exact) mass is 268 g/mol. The predicted molar refractivity (Wildman–Crippen MR) is 62.2 cm³/mol. The second-order valence-electron chi connectivity index (χ2n) is 3.41. The van der Waals surface area contributed by atoms with Crippen molar-refractivity contribution in [2.24, 2.45) is 0 Å². The van der Waals surface area contributed by atoms with Gasteiger partial charge in [0.05, 0.1) is 5.56 Å². The highest BCUT2D eigenvalue weighted by molar-refractivity contribution is 6.30. The molecule has 0 atom stereocenters. The number of carboxylic acids is 1. The molecule has 0 aliphatic heterocycles. The molecule has 18 heavy (non-hydrogen) atoms. The Balaban J connectivity index is 2.67. The molecule has 1 heterocycles. The van der Waals surface area contributed by atoms with Crippen molar-refractivity contribution < 1.29 is 14.3 Å². The van der Waals surface area contributed by atoms with Crippen LogP contribution in [-0.4, -0.2) is 21.0 Å². The van der Waals surface area contributed by atoms with E-state index < -0.39 is 23.0 Å². The van der Waals surface area contributed by atoms with Crippen molar-refractivity contribution in [2.75, 3.05) is 0 Å². The third kappa shape index (κ3) is 2.38. The Kier molecular flexibility index (Phi) is 3.12. The van der Waals surface area contributed by atoms with E-state index in [1.54, 1.807) is 0 Å². The van der Waals surface area contributed by atoms with Gasteiger partial charge in [0.2, 0.25) is 0 Å². The molecule has 7 heteroatoms. The molecule has 92 valence electrons. The number of hydrogen-bond acceptors (Lipinski definition) is 3. The molecular weight excluding hydrogens is 263 g/mol. The molecule has 0 radical (unpaired) electrons. The Hall–Kier alpha value is -2.21. The van der Waals surface area contributed by atoms with Crippen molar-refractivity contribution in [3.05, 3.63) is 51.2 Å². The molecule has 1 aromatic carbocycles. The first-order valence-electron chi connectivity index (χ1n) is 4.77. The minimum Gasteiger partial charge on any atom is -0.477 e. The third-order valence-corrected chi connectivity index (χ3v) is 2.38. The van der Waals surface area contributed by atoms with Gasteiger partial charge >= 0.3 is 5.97 Å². The largest absolute Gasteiger partial charge is 0.477 e. The zero-order valence-electron chi connectivity index (χ0n) is 8.78. The molecule has 0 saturated carbocycles. The van der Waals surface area contributed by atoms with Crippen LogP contribution in [0.5, 0.6) is 0 Å². The van der Waals surface area contributed by atoms with Crippen molar-refractivity contribution in [1.82, 2.24) is 9.97 Å². The Bertz CT molecular complexity index is 684. The van der Waals surface area contributed by atoms with Gasteiger partial charge in [-0.25, -0.2) is 14.2 Å².